The fourth-order valence-electron chi connectivity index (χ4n) is 1.25. The van der Waals surface area contributed by atoms with Crippen LogP contribution in [0, 0.1) is 5.82 Å². The van der Waals surface area contributed by atoms with Crippen molar-refractivity contribution in [3.8, 4) is 11.4 Å². The molecule has 1 N–H and O–H groups in total. The van der Waals surface area contributed by atoms with E-state index in [0.29, 0.717) is 11.4 Å². The molecule has 72 valence electrons. The Labute approximate surface area is 80.2 Å². The van der Waals surface area contributed by atoms with Crippen molar-refractivity contribution < 1.29 is 4.39 Å². The SMILES string of the molecule is CCc1ccc(F)c(-c2nnn[nH]2)c1. The number of halogens is 1. The first kappa shape index (κ1) is 8.80. The highest BCUT2D eigenvalue weighted by Crippen LogP contribution is 2.19. The molecule has 0 spiro atoms. The first-order valence-electron chi connectivity index (χ1n) is 4.33. The van der Waals surface area contributed by atoms with E-state index in [4.69, 9.17) is 0 Å². The molecule has 14 heavy (non-hydrogen) atoms. The summed E-state index contributed by atoms with van der Waals surface area (Å²) in [6, 6.07) is 4.93. The van der Waals surface area contributed by atoms with Gasteiger partial charge < -0.3 is 0 Å². The second kappa shape index (κ2) is 3.53. The summed E-state index contributed by atoms with van der Waals surface area (Å²) in [5.41, 5.74) is 1.46. The molecule has 1 aromatic heterocycles. The van der Waals surface area contributed by atoms with Crippen molar-refractivity contribution in [3.63, 3.8) is 0 Å². The smallest absolute Gasteiger partial charge is 0.182 e. The second-order valence-corrected chi connectivity index (χ2v) is 2.92. The van der Waals surface area contributed by atoms with E-state index >= 15 is 0 Å². The van der Waals surface area contributed by atoms with Crippen molar-refractivity contribution in [1.82, 2.24) is 20.6 Å². The van der Waals surface area contributed by atoms with Crippen LogP contribution in [-0.2, 0) is 6.42 Å². The van der Waals surface area contributed by atoms with E-state index in [1.54, 1.807) is 12.1 Å². The number of H-pyrrole nitrogens is 1. The molecule has 0 aliphatic carbocycles. The predicted molar refractivity (Wildman–Crippen MR) is 48.9 cm³/mol. The number of nitrogens with zero attached hydrogens (tertiary/aromatic N) is 3. The molecule has 1 aromatic carbocycles. The van der Waals surface area contributed by atoms with Crippen LogP contribution in [0.1, 0.15) is 12.5 Å². The van der Waals surface area contributed by atoms with E-state index in [0.717, 1.165) is 12.0 Å². The third-order valence-corrected chi connectivity index (χ3v) is 2.04. The Bertz CT molecular complexity index is 424. The average Bonchev–Trinajstić information content (AvgIpc) is 2.71. The molecular weight excluding hydrogens is 183 g/mol. The summed E-state index contributed by atoms with van der Waals surface area (Å²) in [6.45, 7) is 2.01. The minimum atomic E-state index is -0.319. The fourth-order valence-corrected chi connectivity index (χ4v) is 1.25. The summed E-state index contributed by atoms with van der Waals surface area (Å²) >= 11 is 0. The second-order valence-electron chi connectivity index (χ2n) is 2.92. The normalized spacial score (nSPS) is 10.4. The predicted octanol–water partition coefficient (Wildman–Crippen LogP) is 1.57. The minimum absolute atomic E-state index is 0.319. The van der Waals surface area contributed by atoms with E-state index in [9.17, 15) is 4.39 Å². The van der Waals surface area contributed by atoms with E-state index in [1.807, 2.05) is 6.92 Å². The number of aryl methyl sites for hydroxylation is 1. The average molecular weight is 192 g/mol. The van der Waals surface area contributed by atoms with Gasteiger partial charge in [0.25, 0.3) is 0 Å². The number of nitrogens with one attached hydrogen (secondary N) is 1. The van der Waals surface area contributed by atoms with Gasteiger partial charge in [-0.2, -0.15) is 0 Å². The lowest BCUT2D eigenvalue weighted by Crippen LogP contribution is -1.89. The van der Waals surface area contributed by atoms with Crippen LogP contribution in [0.2, 0.25) is 0 Å². The molecule has 2 aromatic rings. The van der Waals surface area contributed by atoms with Gasteiger partial charge in [-0.05, 0) is 34.5 Å². The first-order chi connectivity index (χ1) is 6.81. The molecule has 0 atom stereocenters. The van der Waals surface area contributed by atoms with Crippen molar-refractivity contribution in [1.29, 1.82) is 0 Å². The Hall–Kier alpha value is -1.78. The van der Waals surface area contributed by atoms with Crippen molar-refractivity contribution >= 4 is 0 Å². The maximum Gasteiger partial charge on any atom is 0.182 e. The van der Waals surface area contributed by atoms with Crippen molar-refractivity contribution in [2.75, 3.05) is 0 Å². The number of hydrogen-bond donors (Lipinski definition) is 1. The van der Waals surface area contributed by atoms with Gasteiger partial charge >= 0.3 is 0 Å². The quantitative estimate of drug-likeness (QED) is 0.785. The number of rotatable bonds is 2. The third-order valence-electron chi connectivity index (χ3n) is 2.04. The zero-order valence-corrected chi connectivity index (χ0v) is 7.66. The van der Waals surface area contributed by atoms with E-state index < -0.39 is 0 Å². The summed E-state index contributed by atoms with van der Waals surface area (Å²) in [5, 5.41) is 13.0. The Morgan fingerprint density at radius 3 is 2.93 bits per heavy atom. The molecule has 1 heterocycles. The van der Waals surface area contributed by atoms with Gasteiger partial charge in [-0.15, -0.1) is 5.10 Å². The molecule has 0 unspecified atom stereocenters. The highest BCUT2D eigenvalue weighted by molar-refractivity contribution is 5.56. The Balaban J connectivity index is 2.51. The van der Waals surface area contributed by atoms with Crippen LogP contribution in [0.25, 0.3) is 11.4 Å². The molecule has 4 nitrogen and oxygen atoms in total. The summed E-state index contributed by atoms with van der Waals surface area (Å²) < 4.78 is 13.4. The Kier molecular flexibility index (Phi) is 2.22. The zero-order chi connectivity index (χ0) is 9.97. The van der Waals surface area contributed by atoms with Crippen molar-refractivity contribution in [3.05, 3.63) is 29.6 Å². The van der Waals surface area contributed by atoms with Crippen molar-refractivity contribution in [2.45, 2.75) is 13.3 Å². The summed E-state index contributed by atoms with van der Waals surface area (Å²) in [7, 11) is 0. The molecule has 0 saturated carbocycles. The van der Waals surface area contributed by atoms with Gasteiger partial charge in [-0.25, -0.2) is 9.49 Å². The first-order valence-corrected chi connectivity index (χ1v) is 4.33. The van der Waals surface area contributed by atoms with Gasteiger partial charge in [-0.3, -0.25) is 0 Å². The molecule has 0 bridgehead atoms. The van der Waals surface area contributed by atoms with E-state index in [2.05, 4.69) is 20.6 Å². The molecule has 5 heteroatoms. The van der Waals surface area contributed by atoms with E-state index in [-0.39, 0.29) is 5.82 Å². The zero-order valence-electron chi connectivity index (χ0n) is 7.66. The molecule has 0 aliphatic heterocycles. The number of benzene rings is 1. The summed E-state index contributed by atoms with van der Waals surface area (Å²) in [5.74, 6) is 0.0403. The molecule has 0 fully saturated rings. The topological polar surface area (TPSA) is 54.5 Å². The van der Waals surface area contributed by atoms with Crippen LogP contribution in [-0.4, -0.2) is 20.6 Å². The number of tetrazole rings is 1. The highest BCUT2D eigenvalue weighted by Gasteiger charge is 2.08. The van der Waals surface area contributed by atoms with Gasteiger partial charge in [0.1, 0.15) is 5.82 Å². The highest BCUT2D eigenvalue weighted by atomic mass is 19.1. The summed E-state index contributed by atoms with van der Waals surface area (Å²) in [4.78, 5) is 0. The number of aromatic amines is 1. The van der Waals surface area contributed by atoms with Gasteiger partial charge in [0, 0.05) is 0 Å². The van der Waals surface area contributed by atoms with Crippen LogP contribution < -0.4 is 0 Å². The molecule has 2 rings (SSSR count). The number of aromatic nitrogens is 4. The Morgan fingerprint density at radius 1 is 1.43 bits per heavy atom. The maximum atomic E-state index is 13.4. The largest absolute Gasteiger partial charge is 0.239 e. The fraction of sp³-hybridized carbons (Fsp3) is 0.222. The lowest BCUT2D eigenvalue weighted by molar-refractivity contribution is 0.629. The summed E-state index contributed by atoms with van der Waals surface area (Å²) in [6.07, 6.45) is 0.856. The van der Waals surface area contributed by atoms with Crippen molar-refractivity contribution in [2.24, 2.45) is 0 Å². The van der Waals surface area contributed by atoms with Gasteiger partial charge in [0.15, 0.2) is 5.82 Å². The Morgan fingerprint density at radius 2 is 2.29 bits per heavy atom. The minimum Gasteiger partial charge on any atom is -0.239 e. The molecular formula is C9H9FN4. The van der Waals surface area contributed by atoms with E-state index in [1.165, 1.54) is 6.07 Å². The third kappa shape index (κ3) is 1.48. The number of hydrogen-bond acceptors (Lipinski definition) is 3. The standard InChI is InChI=1S/C9H9FN4/c1-2-6-3-4-8(10)7(5-6)9-11-13-14-12-9/h3-5H,2H2,1H3,(H,11,12,13,14). The van der Waals surface area contributed by atoms with Gasteiger partial charge in [0.2, 0.25) is 0 Å². The van der Waals surface area contributed by atoms with Crippen LogP contribution >= 0.6 is 0 Å². The molecule has 0 amide bonds. The molecule has 0 aliphatic rings. The monoisotopic (exact) mass is 192 g/mol. The van der Waals surface area contributed by atoms with Crippen LogP contribution in [0.3, 0.4) is 0 Å². The molecule has 0 saturated heterocycles. The lowest BCUT2D eigenvalue weighted by Gasteiger charge is -2.01. The van der Waals surface area contributed by atoms with Gasteiger partial charge in [-0.1, -0.05) is 13.0 Å². The lowest BCUT2D eigenvalue weighted by atomic mass is 10.1. The molecule has 0 radical (unpaired) electrons. The van der Waals surface area contributed by atoms with Gasteiger partial charge in [0.05, 0.1) is 5.56 Å². The van der Waals surface area contributed by atoms with Crippen LogP contribution in [0.5, 0.6) is 0 Å². The van der Waals surface area contributed by atoms with Crippen LogP contribution in [0.4, 0.5) is 4.39 Å². The van der Waals surface area contributed by atoms with Crippen LogP contribution in [0.15, 0.2) is 18.2 Å². The maximum absolute atomic E-state index is 13.4.